The molecule has 0 aromatic heterocycles. The third kappa shape index (κ3) is 12.3. The molecule has 1 saturated heterocycles. The van der Waals surface area contributed by atoms with Crippen LogP contribution in [0.2, 0.25) is 0 Å². The Morgan fingerprint density at radius 3 is 1.52 bits per heavy atom. The maximum absolute atomic E-state index is 13.3. The van der Waals surface area contributed by atoms with Crippen LogP contribution in [0.25, 0.3) is 0 Å². The van der Waals surface area contributed by atoms with E-state index in [1.165, 1.54) is 26.7 Å². The molecule has 9 atom stereocenters. The van der Waals surface area contributed by atoms with Crippen LogP contribution in [0.3, 0.4) is 0 Å². The summed E-state index contributed by atoms with van der Waals surface area (Å²) >= 11 is 0. The van der Waals surface area contributed by atoms with Gasteiger partial charge in [-0.05, 0) is 132 Å². The van der Waals surface area contributed by atoms with Crippen molar-refractivity contribution in [1.82, 2.24) is 0 Å². The van der Waals surface area contributed by atoms with Crippen molar-refractivity contribution in [2.75, 3.05) is 0 Å². The SMILES string of the molecule is C.CCC(C)(C)C(=O)OC1C2CC3C(=O)OC1C3C2.CCC(C)(C)C(=O)OC1CC(C(C)(O)C(F)(F)F)CC(C(O)(C(F)(F)F)C(F)(F)F)C1.CCC1(OC(=O)C(C)(C)CC)CCCC1. The minimum atomic E-state index is -6.28. The molecule has 380 valence electrons. The molecule has 5 fully saturated rings. The Hall–Kier alpha value is -2.83. The van der Waals surface area contributed by atoms with Gasteiger partial charge in [0.1, 0.15) is 23.9 Å². The summed E-state index contributed by atoms with van der Waals surface area (Å²) in [5, 5.41) is 19.6. The largest absolute Gasteiger partial charge is 0.462 e. The Bertz CT molecular complexity index is 1630. The predicted molar refractivity (Wildman–Crippen MR) is 220 cm³/mol. The molecule has 4 aliphatic carbocycles. The molecular formula is C46H73F9O10. The van der Waals surface area contributed by atoms with E-state index >= 15 is 0 Å². The van der Waals surface area contributed by atoms with E-state index < -0.39 is 83.7 Å². The van der Waals surface area contributed by atoms with Gasteiger partial charge in [0.2, 0.25) is 0 Å². The summed E-state index contributed by atoms with van der Waals surface area (Å²) in [6.45, 7) is 18.4. The Morgan fingerprint density at radius 1 is 0.646 bits per heavy atom. The summed E-state index contributed by atoms with van der Waals surface area (Å²) in [6, 6.07) is 0. The molecule has 5 aliphatic rings. The van der Waals surface area contributed by atoms with Crippen molar-refractivity contribution in [2.24, 2.45) is 45.8 Å². The van der Waals surface area contributed by atoms with E-state index in [2.05, 4.69) is 6.92 Å². The lowest BCUT2D eigenvalue weighted by Crippen LogP contribution is -2.64. The van der Waals surface area contributed by atoms with Crippen LogP contribution in [0.4, 0.5) is 39.5 Å². The molecule has 9 unspecified atom stereocenters. The van der Waals surface area contributed by atoms with Crippen LogP contribution in [0.5, 0.6) is 0 Å². The molecule has 0 amide bonds. The van der Waals surface area contributed by atoms with Gasteiger partial charge in [-0.15, -0.1) is 0 Å². The maximum Gasteiger partial charge on any atom is 0.426 e. The first-order valence-corrected chi connectivity index (χ1v) is 22.4. The number of alkyl halides is 9. The minimum absolute atomic E-state index is 0. The number of fused-ring (bicyclic) bond motifs is 1. The van der Waals surface area contributed by atoms with E-state index in [0.717, 1.165) is 44.9 Å². The number of hydrogen-bond donors (Lipinski definition) is 2. The normalized spacial score (nSPS) is 28.6. The number of ether oxygens (including phenoxy) is 4. The van der Waals surface area contributed by atoms with Gasteiger partial charge >= 0.3 is 42.4 Å². The quantitative estimate of drug-likeness (QED) is 0.110. The molecule has 4 saturated carbocycles. The van der Waals surface area contributed by atoms with E-state index in [9.17, 15) is 68.9 Å². The second-order valence-corrected chi connectivity index (χ2v) is 20.7. The highest BCUT2D eigenvalue weighted by Gasteiger charge is 2.75. The highest BCUT2D eigenvalue weighted by Crippen LogP contribution is 2.57. The standard InChI is InChI=1S/C18H25F9O4.C14H20O4.C13H24O2.CH4/c1-5-13(2,3)12(28)31-11-7-9(14(4,29)16(19,20)21)6-10(8-11)15(30,17(22,23)24)18(25,26)27;1-4-14(2,3)13(16)18-10-7-5-8-9(6-7)12(15)17-11(8)10;1-5-12(3,4)11(14)15-13(6-2)9-7-8-10-13;/h9-11,29-30H,5-8H2,1-4H3;7-11H,4-6H2,1-3H3;5-10H2,1-4H3;1H4. The highest BCUT2D eigenvalue weighted by molar-refractivity contribution is 5.78. The van der Waals surface area contributed by atoms with Crippen LogP contribution in [-0.4, -0.2) is 87.7 Å². The summed E-state index contributed by atoms with van der Waals surface area (Å²) in [5.41, 5.74) is -11.2. The molecular weight excluding hydrogens is 883 g/mol. The van der Waals surface area contributed by atoms with E-state index in [-0.39, 0.29) is 67.8 Å². The molecule has 10 nitrogen and oxygen atoms in total. The fraction of sp³-hybridized carbons (Fsp3) is 0.913. The van der Waals surface area contributed by atoms with E-state index in [1.807, 2.05) is 41.5 Å². The Balaban J connectivity index is 0.000000360. The third-order valence-corrected chi connectivity index (χ3v) is 15.2. The second kappa shape index (κ2) is 20.4. The zero-order chi connectivity index (χ0) is 49.4. The van der Waals surface area contributed by atoms with Crippen molar-refractivity contribution in [3.05, 3.63) is 0 Å². The van der Waals surface area contributed by atoms with Crippen molar-refractivity contribution in [3.8, 4) is 0 Å². The van der Waals surface area contributed by atoms with Crippen molar-refractivity contribution in [2.45, 2.75) is 221 Å². The summed E-state index contributed by atoms with van der Waals surface area (Å²) in [4.78, 5) is 48.0. The van der Waals surface area contributed by atoms with Gasteiger partial charge in [-0.1, -0.05) is 35.1 Å². The smallest absolute Gasteiger partial charge is 0.426 e. The van der Waals surface area contributed by atoms with Crippen LogP contribution >= 0.6 is 0 Å². The van der Waals surface area contributed by atoms with Crippen molar-refractivity contribution in [1.29, 1.82) is 0 Å². The van der Waals surface area contributed by atoms with E-state index in [1.54, 1.807) is 6.92 Å². The fourth-order valence-corrected chi connectivity index (χ4v) is 8.99. The summed E-state index contributed by atoms with van der Waals surface area (Å²) in [7, 11) is 0. The van der Waals surface area contributed by atoms with Gasteiger partial charge in [-0.25, -0.2) is 0 Å². The molecule has 1 heterocycles. The molecule has 65 heavy (non-hydrogen) atoms. The maximum atomic E-state index is 13.3. The average Bonchev–Trinajstić information content (AvgIpc) is 3.96. The lowest BCUT2D eigenvalue weighted by molar-refractivity contribution is -0.391. The highest BCUT2D eigenvalue weighted by atomic mass is 19.4. The van der Waals surface area contributed by atoms with Gasteiger partial charge in [0.05, 0.1) is 22.2 Å². The van der Waals surface area contributed by atoms with Crippen molar-refractivity contribution in [3.63, 3.8) is 0 Å². The van der Waals surface area contributed by atoms with Gasteiger partial charge in [-0.2, -0.15) is 39.5 Å². The summed E-state index contributed by atoms with van der Waals surface area (Å²) in [6.07, 6.45) is -14.6. The van der Waals surface area contributed by atoms with Gasteiger partial charge in [-0.3, -0.25) is 19.2 Å². The number of carbonyl (C=O) groups excluding carboxylic acids is 4. The Morgan fingerprint density at radius 2 is 1.09 bits per heavy atom. The number of carbonyl (C=O) groups is 4. The molecule has 0 radical (unpaired) electrons. The summed E-state index contributed by atoms with van der Waals surface area (Å²) < 4.78 is 141. The minimum Gasteiger partial charge on any atom is -0.462 e. The van der Waals surface area contributed by atoms with Crippen LogP contribution in [0.1, 0.15) is 167 Å². The molecule has 2 bridgehead atoms. The topological polar surface area (TPSA) is 146 Å². The first kappa shape index (κ1) is 58.3. The zero-order valence-electron chi connectivity index (χ0n) is 38.9. The van der Waals surface area contributed by atoms with Gasteiger partial charge in [0, 0.05) is 23.7 Å². The third-order valence-electron chi connectivity index (χ3n) is 15.2. The molecule has 0 aromatic rings. The first-order valence-electron chi connectivity index (χ1n) is 22.4. The second-order valence-electron chi connectivity index (χ2n) is 20.7. The summed E-state index contributed by atoms with van der Waals surface area (Å²) in [5.74, 6) is -5.65. The van der Waals surface area contributed by atoms with Crippen LogP contribution in [-0.2, 0) is 38.1 Å². The monoisotopic (exact) mass is 957 g/mol. The average molecular weight is 957 g/mol. The predicted octanol–water partition coefficient (Wildman–Crippen LogP) is 11.2. The van der Waals surface area contributed by atoms with E-state index in [4.69, 9.17) is 18.9 Å². The lowest BCUT2D eigenvalue weighted by atomic mass is 9.66. The van der Waals surface area contributed by atoms with Crippen LogP contribution in [0, 0.1) is 45.8 Å². The lowest BCUT2D eigenvalue weighted by Gasteiger charge is -2.47. The number of aliphatic hydroxyl groups is 2. The molecule has 19 heteroatoms. The fourth-order valence-electron chi connectivity index (χ4n) is 8.99. The first-order chi connectivity index (χ1) is 28.9. The molecule has 1 aliphatic heterocycles. The number of halogens is 9. The number of esters is 4. The number of rotatable bonds is 12. The molecule has 2 N–H and O–H groups in total. The molecule has 0 spiro atoms. The Kier molecular flexibility index (Phi) is 18.3. The van der Waals surface area contributed by atoms with Crippen molar-refractivity contribution >= 4 is 23.9 Å². The molecule has 5 rings (SSSR count). The van der Waals surface area contributed by atoms with Crippen LogP contribution < -0.4 is 0 Å². The Labute approximate surface area is 377 Å². The van der Waals surface area contributed by atoms with Gasteiger partial charge in [0.25, 0.3) is 5.60 Å². The van der Waals surface area contributed by atoms with Gasteiger partial charge in [0.15, 0.2) is 5.60 Å². The van der Waals surface area contributed by atoms with E-state index in [0.29, 0.717) is 11.8 Å². The molecule has 0 aromatic carbocycles. The van der Waals surface area contributed by atoms with Crippen molar-refractivity contribution < 1.29 is 87.9 Å². The van der Waals surface area contributed by atoms with Gasteiger partial charge < -0.3 is 29.2 Å². The number of hydrogen-bond acceptors (Lipinski definition) is 10. The zero-order valence-corrected chi connectivity index (χ0v) is 38.9. The van der Waals surface area contributed by atoms with Crippen LogP contribution in [0.15, 0.2) is 0 Å².